The lowest BCUT2D eigenvalue weighted by atomic mass is 10.1. The summed E-state index contributed by atoms with van der Waals surface area (Å²) in [6.07, 6.45) is 0.758. The molecule has 90 valence electrons. The summed E-state index contributed by atoms with van der Waals surface area (Å²) in [4.78, 5) is 5.58. The highest BCUT2D eigenvalue weighted by Crippen LogP contribution is 2.39. The Morgan fingerprint density at radius 2 is 1.26 bits per heavy atom. The lowest BCUT2D eigenvalue weighted by Crippen LogP contribution is -1.79. The Kier molecular flexibility index (Phi) is 2.58. The van der Waals surface area contributed by atoms with Gasteiger partial charge in [0.1, 0.15) is 0 Å². The average Bonchev–Trinajstić information content (AvgIpc) is 2.76. The first-order valence-electron chi connectivity index (χ1n) is 5.68. The molecule has 0 saturated heterocycles. The number of nitrogens with zero attached hydrogens (tertiary/aromatic N) is 6. The van der Waals surface area contributed by atoms with E-state index in [1.54, 1.807) is 12.1 Å². The molecule has 19 heavy (non-hydrogen) atoms. The Bertz CT molecular complexity index is 701. The zero-order chi connectivity index (χ0) is 13.2. The van der Waals surface area contributed by atoms with Crippen molar-refractivity contribution in [1.29, 1.82) is 0 Å². The van der Waals surface area contributed by atoms with E-state index >= 15 is 0 Å². The second kappa shape index (κ2) is 4.38. The molecule has 6 nitrogen and oxygen atoms in total. The summed E-state index contributed by atoms with van der Waals surface area (Å²) in [5.74, 6) is 0. The fraction of sp³-hybridized carbons (Fsp3) is 0.0769. The molecule has 6 heteroatoms. The zero-order valence-electron chi connectivity index (χ0n) is 9.85. The van der Waals surface area contributed by atoms with Crippen LogP contribution in [0, 0.1) is 0 Å². The first kappa shape index (κ1) is 11.2. The van der Waals surface area contributed by atoms with Crippen LogP contribution >= 0.6 is 0 Å². The van der Waals surface area contributed by atoms with Crippen LogP contribution in [0.2, 0.25) is 0 Å². The second-order valence-electron chi connectivity index (χ2n) is 4.24. The van der Waals surface area contributed by atoms with Gasteiger partial charge in [0.25, 0.3) is 0 Å². The summed E-state index contributed by atoms with van der Waals surface area (Å²) in [7, 11) is 0. The van der Waals surface area contributed by atoms with E-state index in [1.165, 1.54) is 0 Å². The van der Waals surface area contributed by atoms with Crippen molar-refractivity contribution < 1.29 is 0 Å². The molecule has 0 fully saturated rings. The Balaban J connectivity index is 2.10. The number of hydrogen-bond acceptors (Lipinski definition) is 2. The van der Waals surface area contributed by atoms with Crippen LogP contribution in [0.15, 0.2) is 46.6 Å². The van der Waals surface area contributed by atoms with Gasteiger partial charge in [-0.3, -0.25) is 0 Å². The van der Waals surface area contributed by atoms with Gasteiger partial charge < -0.3 is 0 Å². The molecule has 0 saturated carbocycles. The molecule has 0 unspecified atom stereocenters. The molecule has 0 radical (unpaired) electrons. The van der Waals surface area contributed by atoms with Crippen molar-refractivity contribution in [2.45, 2.75) is 6.42 Å². The monoisotopic (exact) mass is 248 g/mol. The van der Waals surface area contributed by atoms with Crippen LogP contribution in [-0.4, -0.2) is 0 Å². The van der Waals surface area contributed by atoms with Crippen LogP contribution < -0.4 is 0 Å². The van der Waals surface area contributed by atoms with Crippen LogP contribution in [0.1, 0.15) is 11.1 Å². The van der Waals surface area contributed by atoms with Crippen molar-refractivity contribution >= 4 is 11.4 Å². The summed E-state index contributed by atoms with van der Waals surface area (Å²) in [6.45, 7) is 0. The Morgan fingerprint density at radius 1 is 0.789 bits per heavy atom. The van der Waals surface area contributed by atoms with Gasteiger partial charge in [-0.15, -0.1) is 0 Å². The minimum Gasteiger partial charge on any atom is -0.0608 e. The van der Waals surface area contributed by atoms with E-state index in [0.717, 1.165) is 28.7 Å². The molecule has 0 aromatic heterocycles. The molecule has 0 atom stereocenters. The number of azide groups is 2. The largest absolute Gasteiger partial charge is 0.0608 e. The summed E-state index contributed by atoms with van der Waals surface area (Å²) in [5.41, 5.74) is 22.7. The topological polar surface area (TPSA) is 97.5 Å². The molecular formula is C13H8N6. The quantitative estimate of drug-likeness (QED) is 0.340. The molecule has 2 aromatic carbocycles. The highest BCUT2D eigenvalue weighted by atomic mass is 15.1. The fourth-order valence-corrected chi connectivity index (χ4v) is 2.41. The lowest BCUT2D eigenvalue weighted by Gasteiger charge is -2.01. The molecule has 2 aromatic rings. The fourth-order valence-electron chi connectivity index (χ4n) is 2.41. The molecule has 0 heterocycles. The SMILES string of the molecule is [N-]=[N+]=Nc1ccc2c(c1)Cc1cc(N=[N+]=[N-])ccc1-2. The van der Waals surface area contributed by atoms with E-state index in [4.69, 9.17) is 11.1 Å². The van der Waals surface area contributed by atoms with Crippen LogP contribution in [0.25, 0.3) is 32.0 Å². The van der Waals surface area contributed by atoms with Crippen LogP contribution in [0.5, 0.6) is 0 Å². The molecule has 0 spiro atoms. The number of hydrogen-bond donors (Lipinski definition) is 0. The summed E-state index contributed by atoms with van der Waals surface area (Å²) >= 11 is 0. The first-order chi connectivity index (χ1) is 9.31. The van der Waals surface area contributed by atoms with E-state index in [1.807, 2.05) is 24.3 Å². The van der Waals surface area contributed by atoms with Gasteiger partial charge in [0, 0.05) is 21.2 Å². The maximum absolute atomic E-state index is 8.45. The molecule has 1 aliphatic carbocycles. The van der Waals surface area contributed by atoms with Gasteiger partial charge in [-0.2, -0.15) is 0 Å². The summed E-state index contributed by atoms with van der Waals surface area (Å²) in [5, 5.41) is 7.22. The predicted molar refractivity (Wildman–Crippen MR) is 72.3 cm³/mol. The van der Waals surface area contributed by atoms with Gasteiger partial charge >= 0.3 is 0 Å². The van der Waals surface area contributed by atoms with Crippen molar-refractivity contribution in [2.24, 2.45) is 10.2 Å². The number of benzene rings is 2. The molecule has 0 amide bonds. The van der Waals surface area contributed by atoms with Crippen molar-refractivity contribution in [3.8, 4) is 11.1 Å². The maximum Gasteiger partial charge on any atom is 0.0378 e. The number of rotatable bonds is 2. The molecule has 3 rings (SSSR count). The van der Waals surface area contributed by atoms with Crippen LogP contribution in [0.3, 0.4) is 0 Å². The van der Waals surface area contributed by atoms with Crippen molar-refractivity contribution in [3.05, 3.63) is 68.4 Å². The smallest absolute Gasteiger partial charge is 0.0378 e. The standard InChI is InChI=1S/C13H8N6/c14-18-16-10-1-3-12-8(6-10)5-9-7-11(17-19-15)2-4-13(9)12/h1-4,6-7H,5H2. The third-order valence-corrected chi connectivity index (χ3v) is 3.17. The molecule has 1 aliphatic rings. The summed E-state index contributed by atoms with van der Waals surface area (Å²) in [6, 6.07) is 11.3. The van der Waals surface area contributed by atoms with Gasteiger partial charge in [-0.1, -0.05) is 34.5 Å². The lowest BCUT2D eigenvalue weighted by molar-refractivity contribution is 1.25. The third kappa shape index (κ3) is 1.87. The highest BCUT2D eigenvalue weighted by Gasteiger charge is 2.18. The van der Waals surface area contributed by atoms with Crippen LogP contribution in [-0.2, 0) is 6.42 Å². The van der Waals surface area contributed by atoms with Gasteiger partial charge in [-0.25, -0.2) is 0 Å². The highest BCUT2D eigenvalue weighted by molar-refractivity contribution is 5.79. The second-order valence-corrected chi connectivity index (χ2v) is 4.24. The van der Waals surface area contributed by atoms with E-state index in [-0.39, 0.29) is 0 Å². The van der Waals surface area contributed by atoms with E-state index in [2.05, 4.69) is 20.1 Å². The molecular weight excluding hydrogens is 240 g/mol. The van der Waals surface area contributed by atoms with Crippen molar-refractivity contribution in [1.82, 2.24) is 0 Å². The van der Waals surface area contributed by atoms with Gasteiger partial charge in [-0.05, 0) is 51.9 Å². The first-order valence-corrected chi connectivity index (χ1v) is 5.68. The van der Waals surface area contributed by atoms with E-state index in [0.29, 0.717) is 11.4 Å². The molecule has 0 aliphatic heterocycles. The Labute approximate surface area is 108 Å². The van der Waals surface area contributed by atoms with Crippen molar-refractivity contribution in [2.75, 3.05) is 0 Å². The van der Waals surface area contributed by atoms with Crippen LogP contribution in [0.4, 0.5) is 11.4 Å². The Morgan fingerprint density at radius 3 is 1.68 bits per heavy atom. The summed E-state index contributed by atoms with van der Waals surface area (Å²) < 4.78 is 0. The van der Waals surface area contributed by atoms with Gasteiger partial charge in [0.05, 0.1) is 0 Å². The predicted octanol–water partition coefficient (Wildman–Crippen LogP) is 5.14. The zero-order valence-corrected chi connectivity index (χ0v) is 9.85. The molecule has 0 N–H and O–H groups in total. The minimum atomic E-state index is 0.615. The average molecular weight is 248 g/mol. The van der Waals surface area contributed by atoms with E-state index in [9.17, 15) is 0 Å². The maximum atomic E-state index is 8.45. The minimum absolute atomic E-state index is 0.615. The normalized spacial score (nSPS) is 10.9. The van der Waals surface area contributed by atoms with E-state index < -0.39 is 0 Å². The van der Waals surface area contributed by atoms with Crippen molar-refractivity contribution in [3.63, 3.8) is 0 Å². The Hall–Kier alpha value is -2.94. The van der Waals surface area contributed by atoms with Gasteiger partial charge in [0.2, 0.25) is 0 Å². The van der Waals surface area contributed by atoms with Gasteiger partial charge in [0.15, 0.2) is 0 Å². The number of fused-ring (bicyclic) bond motifs is 3. The third-order valence-electron chi connectivity index (χ3n) is 3.17. The molecule has 0 bridgehead atoms.